The largest absolute Gasteiger partial charge is 0.487 e. The van der Waals surface area contributed by atoms with Crippen molar-refractivity contribution in [2.45, 2.75) is 20.3 Å². The lowest BCUT2D eigenvalue weighted by molar-refractivity contribution is -0.114. The molecule has 0 aliphatic rings. The van der Waals surface area contributed by atoms with Crippen molar-refractivity contribution >= 4 is 23.2 Å². The molecule has 6 heteroatoms. The lowest BCUT2D eigenvalue weighted by Gasteiger charge is -2.13. The van der Waals surface area contributed by atoms with Gasteiger partial charge in [0.15, 0.2) is 0 Å². The number of amides is 2. The molecule has 3 N–H and O–H groups in total. The molecule has 2 aromatic rings. The van der Waals surface area contributed by atoms with E-state index < -0.39 is 0 Å². The van der Waals surface area contributed by atoms with E-state index in [0.29, 0.717) is 30.2 Å². The Morgan fingerprint density at radius 3 is 2.46 bits per heavy atom. The molecule has 0 saturated carbocycles. The van der Waals surface area contributed by atoms with Crippen molar-refractivity contribution in [3.05, 3.63) is 66.2 Å². The standard InChI is InChI=1S/C22H27N3O3/c1-4-13-23-22(27)17-9-11-18(12-10-17)24-14-21(26)25-19-7-5-6-8-20(19)28-15-16(2)3/h5-12,24H,2,4,13-15H2,1,3H3,(H,23,27)(H,25,26). The van der Waals surface area contributed by atoms with Gasteiger partial charge in [-0.15, -0.1) is 0 Å². The van der Waals surface area contributed by atoms with Crippen LogP contribution in [0.4, 0.5) is 11.4 Å². The van der Waals surface area contributed by atoms with Crippen LogP contribution in [-0.4, -0.2) is 31.5 Å². The summed E-state index contributed by atoms with van der Waals surface area (Å²) in [6.07, 6.45) is 0.891. The maximum absolute atomic E-state index is 12.3. The molecule has 2 amide bonds. The smallest absolute Gasteiger partial charge is 0.251 e. The van der Waals surface area contributed by atoms with Crippen LogP contribution in [0.2, 0.25) is 0 Å². The summed E-state index contributed by atoms with van der Waals surface area (Å²) in [5.74, 6) is 0.301. The van der Waals surface area contributed by atoms with E-state index in [-0.39, 0.29) is 18.4 Å². The Morgan fingerprint density at radius 1 is 1.07 bits per heavy atom. The van der Waals surface area contributed by atoms with Crippen LogP contribution in [0, 0.1) is 0 Å². The first-order valence-corrected chi connectivity index (χ1v) is 9.27. The highest BCUT2D eigenvalue weighted by Crippen LogP contribution is 2.24. The van der Waals surface area contributed by atoms with E-state index in [1.54, 1.807) is 36.4 Å². The number of carbonyl (C=O) groups is 2. The zero-order valence-electron chi connectivity index (χ0n) is 16.4. The van der Waals surface area contributed by atoms with Gasteiger partial charge in [-0.3, -0.25) is 9.59 Å². The third-order valence-corrected chi connectivity index (χ3v) is 3.77. The molecule has 0 unspecified atom stereocenters. The van der Waals surface area contributed by atoms with Gasteiger partial charge in [0.05, 0.1) is 12.2 Å². The van der Waals surface area contributed by atoms with E-state index in [9.17, 15) is 9.59 Å². The molecule has 2 aromatic carbocycles. The summed E-state index contributed by atoms with van der Waals surface area (Å²) in [6.45, 7) is 8.83. The molecule has 0 spiro atoms. The predicted molar refractivity (Wildman–Crippen MR) is 113 cm³/mol. The lowest BCUT2D eigenvalue weighted by atomic mass is 10.2. The number of carbonyl (C=O) groups excluding carboxylic acids is 2. The fraction of sp³-hybridized carbons (Fsp3) is 0.273. The summed E-state index contributed by atoms with van der Waals surface area (Å²) >= 11 is 0. The minimum absolute atomic E-state index is 0.0935. The Kier molecular flexibility index (Phi) is 8.09. The van der Waals surface area contributed by atoms with Gasteiger partial charge in [-0.1, -0.05) is 25.6 Å². The van der Waals surface area contributed by atoms with Gasteiger partial charge in [0.1, 0.15) is 12.4 Å². The topological polar surface area (TPSA) is 79.5 Å². The number of rotatable bonds is 10. The minimum atomic E-state index is -0.198. The number of anilines is 2. The number of hydrogen-bond donors (Lipinski definition) is 3. The molecule has 0 radical (unpaired) electrons. The zero-order chi connectivity index (χ0) is 20.4. The monoisotopic (exact) mass is 381 g/mol. The van der Waals surface area contributed by atoms with E-state index in [2.05, 4.69) is 22.5 Å². The average Bonchev–Trinajstić information content (AvgIpc) is 2.70. The molecule has 0 saturated heterocycles. The fourth-order valence-electron chi connectivity index (χ4n) is 2.35. The third kappa shape index (κ3) is 6.79. The Bertz CT molecular complexity index is 816. The molecule has 0 fully saturated rings. The van der Waals surface area contributed by atoms with Crippen molar-refractivity contribution in [3.63, 3.8) is 0 Å². The van der Waals surface area contributed by atoms with Gasteiger partial charge >= 0.3 is 0 Å². The second-order valence-electron chi connectivity index (χ2n) is 6.48. The van der Waals surface area contributed by atoms with Gasteiger partial charge in [0.2, 0.25) is 5.91 Å². The van der Waals surface area contributed by atoms with Gasteiger partial charge in [0.25, 0.3) is 5.91 Å². The first-order chi connectivity index (χ1) is 13.5. The van der Waals surface area contributed by atoms with Crippen molar-refractivity contribution in [2.75, 3.05) is 30.3 Å². The molecule has 6 nitrogen and oxygen atoms in total. The number of hydrogen-bond acceptors (Lipinski definition) is 4. The summed E-state index contributed by atoms with van der Waals surface area (Å²) in [5, 5.41) is 8.71. The zero-order valence-corrected chi connectivity index (χ0v) is 16.4. The molecule has 28 heavy (non-hydrogen) atoms. The molecule has 0 heterocycles. The molecule has 0 aliphatic heterocycles. The molecule has 148 valence electrons. The summed E-state index contributed by atoms with van der Waals surface area (Å²) in [5.41, 5.74) is 2.86. The molecule has 0 bridgehead atoms. The summed E-state index contributed by atoms with van der Waals surface area (Å²) < 4.78 is 5.65. The van der Waals surface area contributed by atoms with Crippen LogP contribution in [0.1, 0.15) is 30.6 Å². The van der Waals surface area contributed by atoms with Crippen LogP contribution in [0.3, 0.4) is 0 Å². The van der Waals surface area contributed by atoms with Crippen LogP contribution in [-0.2, 0) is 4.79 Å². The highest BCUT2D eigenvalue weighted by atomic mass is 16.5. The van der Waals surface area contributed by atoms with E-state index in [1.807, 2.05) is 26.0 Å². The van der Waals surface area contributed by atoms with E-state index in [4.69, 9.17) is 4.74 Å². The number of benzene rings is 2. The van der Waals surface area contributed by atoms with Crippen molar-refractivity contribution in [3.8, 4) is 5.75 Å². The number of nitrogens with one attached hydrogen (secondary N) is 3. The predicted octanol–water partition coefficient (Wildman–Crippen LogP) is 3.83. The van der Waals surface area contributed by atoms with Crippen LogP contribution in [0.5, 0.6) is 5.75 Å². The molecule has 2 rings (SSSR count). The lowest BCUT2D eigenvalue weighted by Crippen LogP contribution is -2.24. The maximum Gasteiger partial charge on any atom is 0.251 e. The number of ether oxygens (including phenoxy) is 1. The van der Waals surface area contributed by atoms with Gasteiger partial charge in [-0.05, 0) is 55.3 Å². The van der Waals surface area contributed by atoms with Crippen molar-refractivity contribution in [1.82, 2.24) is 5.32 Å². The molecule has 0 aromatic heterocycles. The van der Waals surface area contributed by atoms with Crippen molar-refractivity contribution in [1.29, 1.82) is 0 Å². The SMILES string of the molecule is C=C(C)COc1ccccc1NC(=O)CNc1ccc(C(=O)NCCC)cc1. The van der Waals surface area contributed by atoms with E-state index >= 15 is 0 Å². The van der Waals surface area contributed by atoms with Gasteiger partial charge in [-0.2, -0.15) is 0 Å². The second kappa shape index (κ2) is 10.8. The summed E-state index contributed by atoms with van der Waals surface area (Å²) in [4.78, 5) is 24.2. The third-order valence-electron chi connectivity index (χ3n) is 3.77. The highest BCUT2D eigenvalue weighted by molar-refractivity contribution is 5.96. The first-order valence-electron chi connectivity index (χ1n) is 9.27. The second-order valence-corrected chi connectivity index (χ2v) is 6.48. The summed E-state index contributed by atoms with van der Waals surface area (Å²) in [6, 6.07) is 14.3. The van der Waals surface area contributed by atoms with Crippen LogP contribution in [0.25, 0.3) is 0 Å². The Morgan fingerprint density at radius 2 is 1.79 bits per heavy atom. The maximum atomic E-state index is 12.3. The first kappa shape index (κ1) is 21.0. The quantitative estimate of drug-likeness (QED) is 0.547. The normalized spacial score (nSPS) is 10.1. The minimum Gasteiger partial charge on any atom is -0.487 e. The Labute approximate surface area is 166 Å². The van der Waals surface area contributed by atoms with E-state index in [0.717, 1.165) is 17.7 Å². The van der Waals surface area contributed by atoms with Gasteiger partial charge < -0.3 is 20.7 Å². The Hall–Kier alpha value is -3.28. The average molecular weight is 381 g/mol. The molecule has 0 aliphatic carbocycles. The fourth-order valence-corrected chi connectivity index (χ4v) is 2.35. The summed E-state index contributed by atoms with van der Waals surface area (Å²) in [7, 11) is 0. The number of para-hydroxylation sites is 2. The van der Waals surface area contributed by atoms with E-state index in [1.165, 1.54) is 0 Å². The van der Waals surface area contributed by atoms with Crippen molar-refractivity contribution in [2.24, 2.45) is 0 Å². The molecular weight excluding hydrogens is 354 g/mol. The highest BCUT2D eigenvalue weighted by Gasteiger charge is 2.08. The van der Waals surface area contributed by atoms with Crippen LogP contribution >= 0.6 is 0 Å². The van der Waals surface area contributed by atoms with Crippen molar-refractivity contribution < 1.29 is 14.3 Å². The van der Waals surface area contributed by atoms with Crippen LogP contribution in [0.15, 0.2) is 60.7 Å². The van der Waals surface area contributed by atoms with Gasteiger partial charge in [-0.25, -0.2) is 0 Å². The van der Waals surface area contributed by atoms with Gasteiger partial charge in [0, 0.05) is 17.8 Å². The Balaban J connectivity index is 1.87. The molecular formula is C22H27N3O3. The van der Waals surface area contributed by atoms with Crippen LogP contribution < -0.4 is 20.7 Å². The molecule has 0 atom stereocenters.